The Hall–Kier alpha value is -1.64. The third kappa shape index (κ3) is 6.55. The minimum absolute atomic E-state index is 0.0202. The van der Waals surface area contributed by atoms with E-state index in [9.17, 15) is 0 Å². The second-order valence-electron chi connectivity index (χ2n) is 5.92. The first-order valence-electron chi connectivity index (χ1n) is 8.74. The van der Waals surface area contributed by atoms with E-state index in [1.807, 2.05) is 12.1 Å². The predicted octanol–water partition coefficient (Wildman–Crippen LogP) is 5.13. The first-order valence-corrected chi connectivity index (χ1v) is 8.74. The third-order valence-corrected chi connectivity index (χ3v) is 4.04. The molecular formula is C21H28O2. The van der Waals surface area contributed by atoms with Gasteiger partial charge in [0.15, 0.2) is 0 Å². The van der Waals surface area contributed by atoms with E-state index in [-0.39, 0.29) is 6.10 Å². The second-order valence-corrected chi connectivity index (χ2v) is 5.92. The van der Waals surface area contributed by atoms with E-state index in [0.717, 1.165) is 25.9 Å². The Morgan fingerprint density at radius 2 is 1.13 bits per heavy atom. The first-order chi connectivity index (χ1) is 11.4. The van der Waals surface area contributed by atoms with Crippen LogP contribution < -0.4 is 0 Å². The van der Waals surface area contributed by atoms with Gasteiger partial charge in [-0.1, -0.05) is 86.3 Å². The van der Waals surface area contributed by atoms with Crippen molar-refractivity contribution in [3.8, 4) is 0 Å². The second kappa shape index (κ2) is 11.0. The van der Waals surface area contributed by atoms with Crippen LogP contribution in [0.5, 0.6) is 0 Å². The van der Waals surface area contributed by atoms with Crippen molar-refractivity contribution in [1.29, 1.82) is 0 Å². The van der Waals surface area contributed by atoms with Crippen LogP contribution in [-0.4, -0.2) is 18.3 Å². The number of aliphatic hydroxyl groups excluding tert-OH is 1. The van der Waals surface area contributed by atoms with Gasteiger partial charge in [-0.05, 0) is 24.0 Å². The Morgan fingerprint density at radius 3 is 1.65 bits per heavy atom. The highest BCUT2D eigenvalue weighted by Gasteiger charge is 2.13. The zero-order valence-electron chi connectivity index (χ0n) is 13.9. The molecule has 0 radical (unpaired) electrons. The van der Waals surface area contributed by atoms with Gasteiger partial charge in [-0.3, -0.25) is 0 Å². The molecule has 0 aliphatic heterocycles. The molecule has 0 saturated carbocycles. The molecule has 0 aliphatic carbocycles. The lowest BCUT2D eigenvalue weighted by Crippen LogP contribution is -2.07. The zero-order chi connectivity index (χ0) is 16.2. The van der Waals surface area contributed by atoms with Crippen molar-refractivity contribution in [2.75, 3.05) is 13.2 Å². The van der Waals surface area contributed by atoms with Crippen molar-refractivity contribution in [3.05, 3.63) is 71.8 Å². The Labute approximate surface area is 140 Å². The Kier molecular flexibility index (Phi) is 8.46. The summed E-state index contributed by atoms with van der Waals surface area (Å²) in [5.74, 6) is 0. The molecule has 23 heavy (non-hydrogen) atoms. The van der Waals surface area contributed by atoms with Crippen molar-refractivity contribution in [3.63, 3.8) is 0 Å². The van der Waals surface area contributed by atoms with E-state index in [0.29, 0.717) is 6.61 Å². The van der Waals surface area contributed by atoms with Gasteiger partial charge in [0, 0.05) is 13.2 Å². The van der Waals surface area contributed by atoms with E-state index in [4.69, 9.17) is 9.84 Å². The van der Waals surface area contributed by atoms with E-state index >= 15 is 0 Å². The molecule has 2 aromatic carbocycles. The quantitative estimate of drug-likeness (QED) is 0.583. The van der Waals surface area contributed by atoms with Gasteiger partial charge in [-0.25, -0.2) is 0 Å². The van der Waals surface area contributed by atoms with Crippen LogP contribution in [0.3, 0.4) is 0 Å². The monoisotopic (exact) mass is 312 g/mol. The molecule has 2 nitrogen and oxygen atoms in total. The molecule has 1 N–H and O–H groups in total. The first kappa shape index (κ1) is 17.7. The normalized spacial score (nSPS) is 11.0. The van der Waals surface area contributed by atoms with E-state index in [1.165, 1.54) is 30.4 Å². The summed E-state index contributed by atoms with van der Waals surface area (Å²) in [5, 5.41) is 8.76. The largest absolute Gasteiger partial charge is 0.396 e. The summed E-state index contributed by atoms with van der Waals surface area (Å²) in [6, 6.07) is 20.9. The Morgan fingerprint density at radius 1 is 0.652 bits per heavy atom. The SMILES string of the molecule is OCCCCCCCCOC(c1ccccc1)c1ccccc1. The van der Waals surface area contributed by atoms with Crippen molar-refractivity contribution >= 4 is 0 Å². The molecule has 124 valence electrons. The highest BCUT2D eigenvalue weighted by molar-refractivity contribution is 5.29. The number of aliphatic hydroxyl groups is 1. The predicted molar refractivity (Wildman–Crippen MR) is 95.5 cm³/mol. The lowest BCUT2D eigenvalue weighted by atomic mass is 10.0. The lowest BCUT2D eigenvalue weighted by Gasteiger charge is -2.19. The van der Waals surface area contributed by atoms with Crippen molar-refractivity contribution in [1.82, 2.24) is 0 Å². The van der Waals surface area contributed by atoms with Crippen LogP contribution in [0, 0.1) is 0 Å². The minimum Gasteiger partial charge on any atom is -0.396 e. The molecule has 0 unspecified atom stereocenters. The molecule has 0 bridgehead atoms. The molecule has 2 heteroatoms. The molecule has 0 spiro atoms. The molecule has 0 atom stereocenters. The topological polar surface area (TPSA) is 29.5 Å². The smallest absolute Gasteiger partial charge is 0.108 e. The van der Waals surface area contributed by atoms with Crippen molar-refractivity contribution < 1.29 is 9.84 Å². The summed E-state index contributed by atoms with van der Waals surface area (Å²) in [4.78, 5) is 0. The molecule has 2 rings (SSSR count). The number of benzene rings is 2. The molecule has 0 amide bonds. The number of unbranched alkanes of at least 4 members (excludes halogenated alkanes) is 5. The van der Waals surface area contributed by atoms with Crippen LogP contribution in [0.15, 0.2) is 60.7 Å². The summed E-state index contributed by atoms with van der Waals surface area (Å²) in [5.41, 5.74) is 2.42. The molecule has 0 saturated heterocycles. The van der Waals surface area contributed by atoms with E-state index in [2.05, 4.69) is 48.5 Å². The Balaban J connectivity index is 1.80. The zero-order valence-corrected chi connectivity index (χ0v) is 13.9. The fourth-order valence-electron chi connectivity index (χ4n) is 2.76. The average molecular weight is 312 g/mol. The van der Waals surface area contributed by atoms with Gasteiger partial charge >= 0.3 is 0 Å². The molecule has 0 aromatic heterocycles. The molecule has 0 heterocycles. The van der Waals surface area contributed by atoms with Crippen LogP contribution in [0.2, 0.25) is 0 Å². The van der Waals surface area contributed by atoms with Gasteiger partial charge < -0.3 is 9.84 Å². The van der Waals surface area contributed by atoms with E-state index in [1.54, 1.807) is 0 Å². The highest BCUT2D eigenvalue weighted by Crippen LogP contribution is 2.26. The van der Waals surface area contributed by atoms with Crippen molar-refractivity contribution in [2.45, 2.75) is 44.6 Å². The molecule has 2 aromatic rings. The van der Waals surface area contributed by atoms with Gasteiger partial charge in [0.05, 0.1) is 0 Å². The number of rotatable bonds is 11. The summed E-state index contributed by atoms with van der Waals surface area (Å²) in [7, 11) is 0. The van der Waals surface area contributed by atoms with Gasteiger partial charge in [-0.2, -0.15) is 0 Å². The van der Waals surface area contributed by atoms with Crippen molar-refractivity contribution in [2.24, 2.45) is 0 Å². The highest BCUT2D eigenvalue weighted by atomic mass is 16.5. The van der Waals surface area contributed by atoms with Crippen LogP contribution >= 0.6 is 0 Å². The lowest BCUT2D eigenvalue weighted by molar-refractivity contribution is 0.0768. The maximum atomic E-state index is 8.76. The summed E-state index contributed by atoms with van der Waals surface area (Å²) in [6.07, 6.45) is 6.81. The van der Waals surface area contributed by atoms with Gasteiger partial charge in [-0.15, -0.1) is 0 Å². The molecule has 0 aliphatic rings. The van der Waals surface area contributed by atoms with Crippen LogP contribution in [0.1, 0.15) is 55.8 Å². The fraction of sp³-hybridized carbons (Fsp3) is 0.429. The van der Waals surface area contributed by atoms with Gasteiger partial charge in [0.25, 0.3) is 0 Å². The summed E-state index contributed by atoms with van der Waals surface area (Å²) < 4.78 is 6.20. The maximum absolute atomic E-state index is 8.76. The third-order valence-electron chi connectivity index (χ3n) is 4.04. The van der Waals surface area contributed by atoms with E-state index < -0.39 is 0 Å². The number of hydrogen-bond donors (Lipinski definition) is 1. The van der Waals surface area contributed by atoms with Crippen LogP contribution in [-0.2, 0) is 4.74 Å². The van der Waals surface area contributed by atoms with Gasteiger partial charge in [0.2, 0.25) is 0 Å². The molecule has 0 fully saturated rings. The maximum Gasteiger partial charge on any atom is 0.108 e. The molecular weight excluding hydrogens is 284 g/mol. The van der Waals surface area contributed by atoms with Gasteiger partial charge in [0.1, 0.15) is 6.10 Å². The number of hydrogen-bond acceptors (Lipinski definition) is 2. The number of ether oxygens (including phenoxy) is 1. The fourth-order valence-corrected chi connectivity index (χ4v) is 2.76. The summed E-state index contributed by atoms with van der Waals surface area (Å²) in [6.45, 7) is 1.10. The van der Waals surface area contributed by atoms with Crippen LogP contribution in [0.25, 0.3) is 0 Å². The Bertz CT molecular complexity index is 470. The standard InChI is InChI=1S/C21H28O2/c22-17-11-3-1-2-4-12-18-23-21(19-13-7-5-8-14-19)20-15-9-6-10-16-20/h5-10,13-16,21-22H,1-4,11-12,17-18H2. The summed E-state index contributed by atoms with van der Waals surface area (Å²) >= 11 is 0. The average Bonchev–Trinajstić information content (AvgIpc) is 2.62. The van der Waals surface area contributed by atoms with Crippen LogP contribution in [0.4, 0.5) is 0 Å². The minimum atomic E-state index is 0.0202.